The van der Waals surface area contributed by atoms with E-state index in [0.29, 0.717) is 17.8 Å². The molecule has 5 heteroatoms. The van der Waals surface area contributed by atoms with Gasteiger partial charge in [-0.05, 0) is 104 Å². The van der Waals surface area contributed by atoms with E-state index in [1.165, 1.54) is 31.9 Å². The molecular formula is C32H44N2O3. The number of methoxy groups -OCH3 is 1. The van der Waals surface area contributed by atoms with Crippen LogP contribution in [0.25, 0.3) is 0 Å². The van der Waals surface area contributed by atoms with Crippen LogP contribution in [0.1, 0.15) is 83.8 Å². The molecule has 1 aliphatic heterocycles. The molecule has 2 aromatic rings. The summed E-state index contributed by atoms with van der Waals surface area (Å²) in [5.41, 5.74) is 4.27. The van der Waals surface area contributed by atoms with Crippen molar-refractivity contribution in [2.45, 2.75) is 85.2 Å². The van der Waals surface area contributed by atoms with E-state index in [1.54, 1.807) is 0 Å². The fourth-order valence-electron chi connectivity index (χ4n) is 6.33. The summed E-state index contributed by atoms with van der Waals surface area (Å²) in [6.45, 7) is 11.3. The zero-order chi connectivity index (χ0) is 26.5. The monoisotopic (exact) mass is 504 g/mol. The fourth-order valence-corrected chi connectivity index (χ4v) is 6.33. The Morgan fingerprint density at radius 3 is 2.49 bits per heavy atom. The number of amidine groups is 1. The second-order valence-electron chi connectivity index (χ2n) is 11.7. The molecular weight excluding hydrogens is 460 g/mol. The molecule has 0 radical (unpaired) electrons. The highest BCUT2D eigenvalue weighted by atomic mass is 16.5. The zero-order valence-electron chi connectivity index (χ0n) is 23.4. The Morgan fingerprint density at radius 1 is 1.05 bits per heavy atom. The second-order valence-corrected chi connectivity index (χ2v) is 11.7. The van der Waals surface area contributed by atoms with E-state index < -0.39 is 0 Å². The molecule has 5 nitrogen and oxygen atoms in total. The maximum absolute atomic E-state index is 12.0. The van der Waals surface area contributed by atoms with E-state index in [9.17, 15) is 4.79 Å². The van der Waals surface area contributed by atoms with Crippen molar-refractivity contribution in [1.29, 1.82) is 0 Å². The average Bonchev–Trinajstić information content (AvgIpc) is 3.03. The van der Waals surface area contributed by atoms with Crippen LogP contribution in [0.3, 0.4) is 0 Å². The highest BCUT2D eigenvalue weighted by Crippen LogP contribution is 2.49. The first-order chi connectivity index (χ1) is 17.7. The van der Waals surface area contributed by atoms with Crippen molar-refractivity contribution in [3.8, 4) is 5.75 Å². The standard InChI is InChI=1S/C32H44N2O3/c1-20(2)26-13-7-22(5)17-29(26)27-15-16-31(33-24-9-11-25(12-10-24)37-21(3)4)34-30-18-23(8-14-28(27)30)19-32(35)36-6/h8-12,14,18,20-22,26-27,29H,7,13,15-17,19H2,1-6H3,(H,33,34)/t22-,26+,27+,29?/m1/s1. The summed E-state index contributed by atoms with van der Waals surface area (Å²) < 4.78 is 10.7. The first-order valence-electron chi connectivity index (χ1n) is 14.0. The molecule has 4 atom stereocenters. The third-order valence-corrected chi connectivity index (χ3v) is 8.12. The Hall–Kier alpha value is -2.82. The third-order valence-electron chi connectivity index (χ3n) is 8.12. The van der Waals surface area contributed by atoms with Gasteiger partial charge >= 0.3 is 5.97 Å². The summed E-state index contributed by atoms with van der Waals surface area (Å²) in [5.74, 6) is 4.89. The van der Waals surface area contributed by atoms with Crippen LogP contribution in [-0.2, 0) is 16.0 Å². The SMILES string of the molecule is COC(=O)Cc1ccc2c(c1)N=C(Nc1ccc(OC(C)C)cc1)CC[C@@H]2C1C[C@H](C)CC[C@H]1C(C)C. The summed E-state index contributed by atoms with van der Waals surface area (Å²) in [6, 6.07) is 14.5. The summed E-state index contributed by atoms with van der Waals surface area (Å²) in [6.07, 6.45) is 6.30. The normalized spacial score (nSPS) is 23.7. The Labute approximate surface area is 223 Å². The van der Waals surface area contributed by atoms with Gasteiger partial charge in [-0.25, -0.2) is 4.99 Å². The fraction of sp³-hybridized carbons (Fsp3) is 0.562. The van der Waals surface area contributed by atoms with Gasteiger partial charge in [-0.15, -0.1) is 0 Å². The van der Waals surface area contributed by atoms with Crippen LogP contribution < -0.4 is 10.1 Å². The van der Waals surface area contributed by atoms with Gasteiger partial charge in [0.2, 0.25) is 0 Å². The Bertz CT molecular complexity index is 1090. The lowest BCUT2D eigenvalue weighted by atomic mass is 9.63. The molecule has 37 heavy (non-hydrogen) atoms. The molecule has 1 saturated carbocycles. The van der Waals surface area contributed by atoms with Gasteiger partial charge in [-0.2, -0.15) is 0 Å². The molecule has 2 aliphatic rings. The number of aliphatic imine (C=N–C) groups is 1. The minimum Gasteiger partial charge on any atom is -0.491 e. The predicted molar refractivity (Wildman–Crippen MR) is 152 cm³/mol. The van der Waals surface area contributed by atoms with Crippen LogP contribution in [0.2, 0.25) is 0 Å². The van der Waals surface area contributed by atoms with Crippen LogP contribution >= 0.6 is 0 Å². The highest BCUT2D eigenvalue weighted by Gasteiger charge is 2.38. The van der Waals surface area contributed by atoms with Crippen molar-refractivity contribution in [2.75, 3.05) is 12.4 Å². The maximum atomic E-state index is 12.0. The molecule has 0 aromatic heterocycles. The van der Waals surface area contributed by atoms with Gasteiger partial charge < -0.3 is 14.8 Å². The van der Waals surface area contributed by atoms with Gasteiger partial charge in [-0.3, -0.25) is 4.79 Å². The number of anilines is 1. The summed E-state index contributed by atoms with van der Waals surface area (Å²) in [5, 5.41) is 3.58. The van der Waals surface area contributed by atoms with Crippen molar-refractivity contribution < 1.29 is 14.3 Å². The molecule has 4 rings (SSSR count). The van der Waals surface area contributed by atoms with E-state index in [2.05, 4.69) is 56.4 Å². The quantitative estimate of drug-likeness (QED) is 0.389. The van der Waals surface area contributed by atoms with Crippen LogP contribution in [0.15, 0.2) is 47.5 Å². The maximum Gasteiger partial charge on any atom is 0.309 e. The van der Waals surface area contributed by atoms with Crippen LogP contribution in [0.5, 0.6) is 5.75 Å². The first-order valence-corrected chi connectivity index (χ1v) is 14.0. The smallest absolute Gasteiger partial charge is 0.309 e. The Kier molecular flexibility index (Phi) is 8.94. The molecule has 1 fully saturated rings. The number of hydrogen-bond donors (Lipinski definition) is 1. The van der Waals surface area contributed by atoms with Crippen LogP contribution in [-0.4, -0.2) is 25.0 Å². The molecule has 0 bridgehead atoms. The van der Waals surface area contributed by atoms with Crippen LogP contribution in [0, 0.1) is 23.7 Å². The molecule has 1 unspecified atom stereocenters. The van der Waals surface area contributed by atoms with Gasteiger partial charge in [0.05, 0.1) is 25.3 Å². The average molecular weight is 505 g/mol. The molecule has 0 spiro atoms. The van der Waals surface area contributed by atoms with Gasteiger partial charge in [0.15, 0.2) is 0 Å². The number of nitrogens with one attached hydrogen (secondary N) is 1. The number of ether oxygens (including phenoxy) is 2. The van der Waals surface area contributed by atoms with E-state index >= 15 is 0 Å². The topological polar surface area (TPSA) is 59.9 Å². The summed E-state index contributed by atoms with van der Waals surface area (Å²) in [7, 11) is 1.44. The van der Waals surface area contributed by atoms with E-state index in [0.717, 1.165) is 53.2 Å². The lowest BCUT2D eigenvalue weighted by Crippen LogP contribution is -2.32. The molecule has 1 N–H and O–H groups in total. The number of carbonyl (C=O) groups excluding carboxylic acids is 1. The van der Waals surface area contributed by atoms with E-state index in [-0.39, 0.29) is 18.5 Å². The van der Waals surface area contributed by atoms with Gasteiger partial charge in [0.1, 0.15) is 11.6 Å². The molecule has 0 amide bonds. The first kappa shape index (κ1) is 27.2. The minimum atomic E-state index is -0.225. The number of carbonyl (C=O) groups is 1. The van der Waals surface area contributed by atoms with Crippen molar-refractivity contribution in [3.05, 3.63) is 53.6 Å². The highest BCUT2D eigenvalue weighted by molar-refractivity contribution is 5.97. The number of esters is 1. The second kappa shape index (κ2) is 12.1. The zero-order valence-corrected chi connectivity index (χ0v) is 23.4. The van der Waals surface area contributed by atoms with E-state index in [4.69, 9.17) is 14.5 Å². The molecule has 1 aliphatic carbocycles. The largest absolute Gasteiger partial charge is 0.491 e. The lowest BCUT2D eigenvalue weighted by Gasteiger charge is -2.42. The van der Waals surface area contributed by atoms with E-state index in [1.807, 2.05) is 26.0 Å². The number of nitrogens with zero attached hydrogens (tertiary/aromatic N) is 1. The van der Waals surface area contributed by atoms with Crippen molar-refractivity contribution in [3.63, 3.8) is 0 Å². The molecule has 1 heterocycles. The van der Waals surface area contributed by atoms with Crippen molar-refractivity contribution in [1.82, 2.24) is 0 Å². The third kappa shape index (κ3) is 6.94. The number of hydrogen-bond acceptors (Lipinski definition) is 5. The van der Waals surface area contributed by atoms with Crippen LogP contribution in [0.4, 0.5) is 11.4 Å². The van der Waals surface area contributed by atoms with Gasteiger partial charge in [0, 0.05) is 12.1 Å². The number of rotatable bonds is 7. The minimum absolute atomic E-state index is 0.148. The Morgan fingerprint density at radius 2 is 1.81 bits per heavy atom. The summed E-state index contributed by atoms with van der Waals surface area (Å²) >= 11 is 0. The summed E-state index contributed by atoms with van der Waals surface area (Å²) in [4.78, 5) is 17.2. The van der Waals surface area contributed by atoms with Crippen molar-refractivity contribution >= 4 is 23.2 Å². The lowest BCUT2D eigenvalue weighted by molar-refractivity contribution is -0.139. The molecule has 200 valence electrons. The Balaban J connectivity index is 1.65. The number of fused-ring (bicyclic) bond motifs is 1. The predicted octanol–water partition coefficient (Wildman–Crippen LogP) is 7.92. The van der Waals surface area contributed by atoms with Crippen molar-refractivity contribution in [2.24, 2.45) is 28.7 Å². The van der Waals surface area contributed by atoms with Gasteiger partial charge in [0.25, 0.3) is 0 Å². The molecule has 0 saturated heterocycles. The number of benzene rings is 2. The van der Waals surface area contributed by atoms with Gasteiger partial charge in [-0.1, -0.05) is 39.3 Å². The molecule has 2 aromatic carbocycles.